The Balaban J connectivity index is 1.44. The van der Waals surface area contributed by atoms with Crippen molar-refractivity contribution in [2.24, 2.45) is 0 Å². The number of amides is 1. The van der Waals surface area contributed by atoms with Crippen LogP contribution < -0.4 is 20.3 Å². The topological polar surface area (TPSA) is 81.7 Å². The number of rotatable bonds is 10. The molecule has 2 aromatic heterocycles. The Morgan fingerprint density at radius 1 is 1.06 bits per heavy atom. The van der Waals surface area contributed by atoms with Gasteiger partial charge in [-0.25, -0.2) is 10.5 Å². The highest BCUT2D eigenvalue weighted by Gasteiger charge is 2.17. The normalized spacial score (nSPS) is 11.9. The molecule has 2 N–H and O–H groups in total. The lowest BCUT2D eigenvalue weighted by Gasteiger charge is -2.18. The van der Waals surface area contributed by atoms with Crippen LogP contribution in [-0.4, -0.2) is 31.7 Å². The number of carbonyl (C=O) groups is 1. The molecule has 1 amide bonds. The number of hydroxylamine groups is 1. The Labute approximate surface area is 210 Å². The van der Waals surface area contributed by atoms with Crippen molar-refractivity contribution in [2.45, 2.75) is 12.6 Å². The average molecular weight is 542 g/mol. The molecule has 0 aliphatic carbocycles. The van der Waals surface area contributed by atoms with Gasteiger partial charge in [-0.2, -0.15) is 0 Å². The minimum Gasteiger partial charge on any atom is -0.497 e. The summed E-state index contributed by atoms with van der Waals surface area (Å²) in [5.74, 6) is 0.696. The van der Waals surface area contributed by atoms with Crippen molar-refractivity contribution in [3.63, 3.8) is 0 Å². The molecule has 4 rings (SSSR count). The van der Waals surface area contributed by atoms with Crippen LogP contribution in [0.2, 0.25) is 0 Å². The Kier molecular flexibility index (Phi) is 8.12. The predicted octanol–water partition coefficient (Wildman–Crippen LogP) is 5.27. The molecule has 0 radical (unpaired) electrons. The number of nitrogens with one attached hydrogen (secondary N) is 2. The van der Waals surface area contributed by atoms with Crippen molar-refractivity contribution in [1.29, 1.82) is 0 Å². The number of methoxy groups -OCH3 is 2. The van der Waals surface area contributed by atoms with E-state index in [2.05, 4.69) is 49.9 Å². The first-order valence-electron chi connectivity index (χ1n) is 10.5. The lowest BCUT2D eigenvalue weighted by atomic mass is 10.1. The molecule has 0 spiro atoms. The second-order valence-corrected chi connectivity index (χ2v) is 9.37. The standard InChI is InChI=1S/C25H24BrN3O4S/c1-31-18-9-7-16(8-10-18)14-27-21(23-13-17-5-3-4-6-22(17)34-23)15-33-29-24(30)20-12-11-19(26)25(28-20)32-2/h3-13,21,27H,14-15H2,1-2H3,(H,29,30)/t21-/m1/s1. The summed E-state index contributed by atoms with van der Waals surface area (Å²) in [6, 6.07) is 21.5. The van der Waals surface area contributed by atoms with Crippen molar-refractivity contribution in [2.75, 3.05) is 20.8 Å². The summed E-state index contributed by atoms with van der Waals surface area (Å²) in [5, 5.41) is 4.72. The zero-order valence-corrected chi connectivity index (χ0v) is 21.1. The van der Waals surface area contributed by atoms with Gasteiger partial charge in [0.1, 0.15) is 11.4 Å². The first-order valence-corrected chi connectivity index (χ1v) is 12.2. The largest absolute Gasteiger partial charge is 0.497 e. The maximum atomic E-state index is 12.5. The van der Waals surface area contributed by atoms with Gasteiger partial charge in [-0.1, -0.05) is 30.3 Å². The molecule has 4 aromatic rings. The highest BCUT2D eigenvalue weighted by Crippen LogP contribution is 2.30. The van der Waals surface area contributed by atoms with E-state index in [1.807, 2.05) is 36.4 Å². The van der Waals surface area contributed by atoms with Gasteiger partial charge in [-0.3, -0.25) is 9.63 Å². The van der Waals surface area contributed by atoms with Gasteiger partial charge in [0.05, 0.1) is 31.3 Å². The number of aromatic nitrogens is 1. The lowest BCUT2D eigenvalue weighted by Crippen LogP contribution is -2.31. The van der Waals surface area contributed by atoms with Crippen LogP contribution in [0.15, 0.2) is 71.2 Å². The van der Waals surface area contributed by atoms with E-state index < -0.39 is 5.91 Å². The number of pyridine rings is 1. The Morgan fingerprint density at radius 3 is 2.59 bits per heavy atom. The summed E-state index contributed by atoms with van der Waals surface area (Å²) in [5.41, 5.74) is 3.80. The number of hydrogen-bond donors (Lipinski definition) is 2. The molecule has 2 heterocycles. The van der Waals surface area contributed by atoms with Crippen LogP contribution in [0.1, 0.15) is 27.0 Å². The van der Waals surface area contributed by atoms with Crippen molar-refractivity contribution >= 4 is 43.3 Å². The zero-order chi connectivity index (χ0) is 23.9. The predicted molar refractivity (Wildman–Crippen MR) is 136 cm³/mol. The van der Waals surface area contributed by atoms with E-state index in [0.717, 1.165) is 16.2 Å². The maximum absolute atomic E-state index is 12.5. The van der Waals surface area contributed by atoms with Gasteiger partial charge >= 0.3 is 0 Å². The molecule has 0 saturated carbocycles. The SMILES string of the molecule is COc1ccc(CN[C@H](CONC(=O)c2ccc(Br)c(OC)n2)c2cc3ccccc3s2)cc1. The van der Waals surface area contributed by atoms with Crippen LogP contribution in [0, 0.1) is 0 Å². The summed E-state index contributed by atoms with van der Waals surface area (Å²) >= 11 is 5.03. The van der Waals surface area contributed by atoms with Crippen LogP contribution >= 0.6 is 27.3 Å². The fraction of sp³-hybridized carbons (Fsp3) is 0.200. The molecule has 0 saturated heterocycles. The first kappa shape index (κ1) is 24.2. The molecule has 1 atom stereocenters. The van der Waals surface area contributed by atoms with E-state index in [1.54, 1.807) is 30.6 Å². The molecule has 0 aliphatic rings. The molecule has 2 aromatic carbocycles. The Hall–Kier alpha value is -2.98. The third-order valence-corrected chi connectivity index (χ3v) is 6.99. The number of hydrogen-bond acceptors (Lipinski definition) is 7. The summed E-state index contributed by atoms with van der Waals surface area (Å²) in [4.78, 5) is 23.4. The molecule has 0 aliphatic heterocycles. The molecule has 176 valence electrons. The quantitative estimate of drug-likeness (QED) is 0.266. The highest BCUT2D eigenvalue weighted by molar-refractivity contribution is 9.10. The third-order valence-electron chi connectivity index (χ3n) is 5.15. The summed E-state index contributed by atoms with van der Waals surface area (Å²) in [7, 11) is 3.14. The van der Waals surface area contributed by atoms with E-state index >= 15 is 0 Å². The van der Waals surface area contributed by atoms with Crippen LogP contribution in [0.5, 0.6) is 11.6 Å². The first-order chi connectivity index (χ1) is 16.6. The lowest BCUT2D eigenvalue weighted by molar-refractivity contribution is 0.0218. The van der Waals surface area contributed by atoms with Crippen LogP contribution in [0.25, 0.3) is 10.1 Å². The monoisotopic (exact) mass is 541 g/mol. The molecular formula is C25H24BrN3O4S. The van der Waals surface area contributed by atoms with Gasteiger partial charge < -0.3 is 14.8 Å². The summed E-state index contributed by atoms with van der Waals surface area (Å²) in [6.45, 7) is 0.869. The van der Waals surface area contributed by atoms with Gasteiger partial charge in [-0.05, 0) is 63.3 Å². The van der Waals surface area contributed by atoms with Gasteiger partial charge in [-0.15, -0.1) is 11.3 Å². The van der Waals surface area contributed by atoms with Crippen molar-refractivity contribution in [3.05, 3.63) is 87.3 Å². The van der Waals surface area contributed by atoms with E-state index in [9.17, 15) is 4.79 Å². The molecule has 7 nitrogen and oxygen atoms in total. The summed E-state index contributed by atoms with van der Waals surface area (Å²) < 4.78 is 12.3. The minimum atomic E-state index is -0.448. The number of carbonyl (C=O) groups excluding carboxylic acids is 1. The number of nitrogens with zero attached hydrogens (tertiary/aromatic N) is 1. The van der Waals surface area contributed by atoms with E-state index in [0.29, 0.717) is 16.9 Å². The maximum Gasteiger partial charge on any atom is 0.293 e. The van der Waals surface area contributed by atoms with Gasteiger partial charge in [0.15, 0.2) is 0 Å². The van der Waals surface area contributed by atoms with E-state index in [-0.39, 0.29) is 18.3 Å². The molecular weight excluding hydrogens is 518 g/mol. The molecule has 0 bridgehead atoms. The fourth-order valence-corrected chi connectivity index (χ4v) is 4.84. The van der Waals surface area contributed by atoms with E-state index in [4.69, 9.17) is 14.3 Å². The van der Waals surface area contributed by atoms with Gasteiger partial charge in [0.25, 0.3) is 5.91 Å². The number of fused-ring (bicyclic) bond motifs is 1. The molecule has 0 unspecified atom stereocenters. The molecule has 34 heavy (non-hydrogen) atoms. The third kappa shape index (κ3) is 5.92. The number of halogens is 1. The zero-order valence-electron chi connectivity index (χ0n) is 18.7. The second-order valence-electron chi connectivity index (χ2n) is 7.40. The molecule has 9 heteroatoms. The Bertz CT molecular complexity index is 1230. The fourth-order valence-electron chi connectivity index (χ4n) is 3.34. The smallest absolute Gasteiger partial charge is 0.293 e. The number of thiophene rings is 1. The van der Waals surface area contributed by atoms with Crippen LogP contribution in [-0.2, 0) is 11.4 Å². The van der Waals surface area contributed by atoms with Gasteiger partial charge in [0.2, 0.25) is 5.88 Å². The minimum absolute atomic E-state index is 0.132. The van der Waals surface area contributed by atoms with Crippen LogP contribution in [0.3, 0.4) is 0 Å². The summed E-state index contributed by atoms with van der Waals surface area (Å²) in [6.07, 6.45) is 0. The van der Waals surface area contributed by atoms with E-state index in [1.165, 1.54) is 17.2 Å². The second kappa shape index (κ2) is 11.4. The number of benzene rings is 2. The van der Waals surface area contributed by atoms with Crippen molar-refractivity contribution < 1.29 is 19.1 Å². The molecule has 0 fully saturated rings. The van der Waals surface area contributed by atoms with Gasteiger partial charge in [0, 0.05) is 16.1 Å². The van der Waals surface area contributed by atoms with Crippen molar-refractivity contribution in [3.8, 4) is 11.6 Å². The van der Waals surface area contributed by atoms with Crippen LogP contribution in [0.4, 0.5) is 0 Å². The van der Waals surface area contributed by atoms with Crippen molar-refractivity contribution in [1.82, 2.24) is 15.8 Å². The Morgan fingerprint density at radius 2 is 1.85 bits per heavy atom. The highest BCUT2D eigenvalue weighted by atomic mass is 79.9. The number of ether oxygens (including phenoxy) is 2. The average Bonchev–Trinajstić information content (AvgIpc) is 3.30.